The van der Waals surface area contributed by atoms with Crippen molar-refractivity contribution in [3.63, 3.8) is 0 Å². The van der Waals surface area contributed by atoms with E-state index in [4.69, 9.17) is 22.7 Å². The Kier molecular flexibility index (Phi) is 3.76. The fraction of sp³-hybridized carbons (Fsp3) is 0.0714. The lowest BCUT2D eigenvalue weighted by atomic mass is 10.2. The topological polar surface area (TPSA) is 35.2 Å². The Morgan fingerprint density at radius 3 is 2.53 bits per heavy atom. The fourth-order valence-electron chi connectivity index (χ4n) is 1.64. The second-order valence-corrected chi connectivity index (χ2v) is 4.43. The molecule has 0 amide bonds. The first kappa shape index (κ1) is 13.4. The van der Waals surface area contributed by atoms with E-state index in [1.54, 1.807) is 13.0 Å². The van der Waals surface area contributed by atoms with Gasteiger partial charge in [-0.1, -0.05) is 18.3 Å². The highest BCUT2D eigenvalue weighted by atomic mass is 32.1. The molecular formula is C14H11F2NOS. The summed E-state index contributed by atoms with van der Waals surface area (Å²) in [5.41, 5.74) is 5.95. The number of rotatable bonds is 3. The smallest absolute Gasteiger partial charge is 0.140 e. The van der Waals surface area contributed by atoms with Crippen molar-refractivity contribution >= 4 is 17.2 Å². The highest BCUT2D eigenvalue weighted by Crippen LogP contribution is 2.28. The molecule has 5 heteroatoms. The Morgan fingerprint density at radius 2 is 1.89 bits per heavy atom. The Hall–Kier alpha value is -2.01. The summed E-state index contributed by atoms with van der Waals surface area (Å²) in [5.74, 6) is -0.287. The zero-order valence-electron chi connectivity index (χ0n) is 10.1. The molecule has 0 saturated heterocycles. The summed E-state index contributed by atoms with van der Waals surface area (Å²) >= 11 is 4.80. The van der Waals surface area contributed by atoms with Crippen molar-refractivity contribution in [3.8, 4) is 11.5 Å². The molecule has 0 bridgehead atoms. The lowest BCUT2D eigenvalue weighted by Crippen LogP contribution is -2.13. The average molecular weight is 279 g/mol. The van der Waals surface area contributed by atoms with Crippen molar-refractivity contribution in [2.45, 2.75) is 6.92 Å². The second-order valence-electron chi connectivity index (χ2n) is 3.99. The predicted octanol–water partition coefficient (Wildman–Crippen LogP) is 3.70. The maximum Gasteiger partial charge on any atom is 0.140 e. The van der Waals surface area contributed by atoms with Crippen LogP contribution in [0.1, 0.15) is 11.1 Å². The van der Waals surface area contributed by atoms with Crippen LogP contribution in [0.3, 0.4) is 0 Å². The molecule has 0 aliphatic heterocycles. The fourth-order valence-corrected chi connectivity index (χ4v) is 1.83. The predicted molar refractivity (Wildman–Crippen MR) is 73.5 cm³/mol. The largest absolute Gasteiger partial charge is 0.457 e. The number of hydrogen-bond donors (Lipinski definition) is 1. The van der Waals surface area contributed by atoms with Gasteiger partial charge in [0, 0.05) is 0 Å². The molecule has 0 aromatic heterocycles. The second kappa shape index (κ2) is 5.32. The lowest BCUT2D eigenvalue weighted by molar-refractivity contribution is 0.472. The van der Waals surface area contributed by atoms with Crippen LogP contribution >= 0.6 is 12.2 Å². The number of nitrogens with two attached hydrogens (primary N) is 1. The molecule has 19 heavy (non-hydrogen) atoms. The summed E-state index contributed by atoms with van der Waals surface area (Å²) < 4.78 is 32.3. The van der Waals surface area contributed by atoms with Crippen LogP contribution in [0, 0.1) is 18.6 Å². The monoisotopic (exact) mass is 279 g/mol. The molecule has 0 unspecified atom stereocenters. The first-order valence-corrected chi connectivity index (χ1v) is 5.92. The summed E-state index contributed by atoms with van der Waals surface area (Å²) in [6.07, 6.45) is 0. The molecule has 2 N–H and O–H groups in total. The Balaban J connectivity index is 2.40. The highest BCUT2D eigenvalue weighted by Gasteiger charge is 2.13. The minimum absolute atomic E-state index is 0.0412. The zero-order chi connectivity index (χ0) is 14.0. The van der Waals surface area contributed by atoms with Gasteiger partial charge in [0.2, 0.25) is 0 Å². The molecule has 2 rings (SSSR count). The molecule has 98 valence electrons. The third-order valence-electron chi connectivity index (χ3n) is 2.58. The third-order valence-corrected chi connectivity index (χ3v) is 2.78. The molecule has 0 atom stereocenters. The molecule has 0 saturated carbocycles. The normalized spacial score (nSPS) is 10.3. The maximum atomic E-state index is 13.6. The molecular weight excluding hydrogens is 268 g/mol. The first-order valence-electron chi connectivity index (χ1n) is 5.51. The van der Waals surface area contributed by atoms with Gasteiger partial charge < -0.3 is 10.5 Å². The van der Waals surface area contributed by atoms with Gasteiger partial charge >= 0.3 is 0 Å². The number of hydrogen-bond acceptors (Lipinski definition) is 2. The molecule has 2 aromatic carbocycles. The van der Waals surface area contributed by atoms with Gasteiger partial charge in [0.15, 0.2) is 0 Å². The molecule has 0 radical (unpaired) electrons. The van der Waals surface area contributed by atoms with Gasteiger partial charge in [0.1, 0.15) is 28.1 Å². The molecule has 0 fully saturated rings. The van der Waals surface area contributed by atoms with E-state index in [-0.39, 0.29) is 22.1 Å². The molecule has 0 aliphatic carbocycles. The van der Waals surface area contributed by atoms with Gasteiger partial charge in [-0.25, -0.2) is 8.78 Å². The molecule has 0 spiro atoms. The number of halogens is 2. The quantitative estimate of drug-likeness (QED) is 0.870. The van der Waals surface area contributed by atoms with Crippen molar-refractivity contribution in [2.24, 2.45) is 5.73 Å². The Labute approximate surface area is 114 Å². The van der Waals surface area contributed by atoms with Crippen LogP contribution in [0.4, 0.5) is 8.78 Å². The molecule has 0 aliphatic rings. The maximum absolute atomic E-state index is 13.6. The number of benzene rings is 2. The van der Waals surface area contributed by atoms with E-state index in [2.05, 4.69) is 0 Å². The van der Waals surface area contributed by atoms with Crippen LogP contribution < -0.4 is 10.5 Å². The number of aryl methyl sites for hydroxylation is 1. The van der Waals surface area contributed by atoms with Gasteiger partial charge in [-0.3, -0.25) is 0 Å². The van der Waals surface area contributed by atoms with Crippen LogP contribution in [-0.2, 0) is 0 Å². The van der Waals surface area contributed by atoms with E-state index < -0.39 is 5.82 Å². The van der Waals surface area contributed by atoms with Gasteiger partial charge in [-0.05, 0) is 42.8 Å². The van der Waals surface area contributed by atoms with Gasteiger partial charge in [-0.15, -0.1) is 0 Å². The minimum atomic E-state index is -0.552. The summed E-state index contributed by atoms with van der Waals surface area (Å²) in [6.45, 7) is 1.61. The van der Waals surface area contributed by atoms with Crippen molar-refractivity contribution < 1.29 is 13.5 Å². The number of thiocarbonyl (C=S) groups is 1. The van der Waals surface area contributed by atoms with E-state index in [1.807, 2.05) is 0 Å². The summed E-state index contributed by atoms with van der Waals surface area (Å²) in [6, 6.07) is 8.54. The van der Waals surface area contributed by atoms with Gasteiger partial charge in [-0.2, -0.15) is 0 Å². The van der Waals surface area contributed by atoms with Crippen LogP contribution in [0.5, 0.6) is 11.5 Å². The van der Waals surface area contributed by atoms with E-state index in [0.717, 1.165) is 0 Å². The Morgan fingerprint density at radius 1 is 1.16 bits per heavy atom. The lowest BCUT2D eigenvalue weighted by Gasteiger charge is -2.11. The Bertz CT molecular complexity index is 643. The average Bonchev–Trinajstić information content (AvgIpc) is 2.33. The molecule has 2 aromatic rings. The van der Waals surface area contributed by atoms with Crippen LogP contribution in [0.25, 0.3) is 0 Å². The summed E-state index contributed by atoms with van der Waals surface area (Å²) in [4.78, 5) is -0.0908. The molecule has 2 nitrogen and oxygen atoms in total. The summed E-state index contributed by atoms with van der Waals surface area (Å²) in [7, 11) is 0. The van der Waals surface area contributed by atoms with Crippen molar-refractivity contribution in [3.05, 3.63) is 59.2 Å². The molecule has 0 heterocycles. The van der Waals surface area contributed by atoms with E-state index in [0.29, 0.717) is 11.3 Å². The minimum Gasteiger partial charge on any atom is -0.457 e. The van der Waals surface area contributed by atoms with Crippen LogP contribution in [-0.4, -0.2) is 4.99 Å². The standard InChI is InChI=1S/C14H11F2NOS/c1-8-7-9(5-6-10(8)15)18-12-4-2-3-11(16)13(12)14(17)19/h2-7H,1H3,(H2,17,19). The van der Waals surface area contributed by atoms with Crippen molar-refractivity contribution in [1.82, 2.24) is 0 Å². The van der Waals surface area contributed by atoms with E-state index >= 15 is 0 Å². The van der Waals surface area contributed by atoms with Gasteiger partial charge in [0.05, 0.1) is 5.56 Å². The SMILES string of the molecule is Cc1cc(Oc2cccc(F)c2C(N)=S)ccc1F. The highest BCUT2D eigenvalue weighted by molar-refractivity contribution is 7.80. The van der Waals surface area contributed by atoms with E-state index in [9.17, 15) is 8.78 Å². The zero-order valence-corrected chi connectivity index (χ0v) is 10.9. The van der Waals surface area contributed by atoms with Crippen molar-refractivity contribution in [2.75, 3.05) is 0 Å². The third kappa shape index (κ3) is 2.88. The first-order chi connectivity index (χ1) is 8.99. The van der Waals surface area contributed by atoms with Crippen LogP contribution in [0.15, 0.2) is 36.4 Å². The van der Waals surface area contributed by atoms with Crippen LogP contribution in [0.2, 0.25) is 0 Å². The summed E-state index contributed by atoms with van der Waals surface area (Å²) in [5, 5.41) is 0. The van der Waals surface area contributed by atoms with E-state index in [1.165, 1.54) is 30.3 Å². The van der Waals surface area contributed by atoms with Crippen molar-refractivity contribution in [1.29, 1.82) is 0 Å². The number of ether oxygens (including phenoxy) is 1. The van der Waals surface area contributed by atoms with Gasteiger partial charge in [0.25, 0.3) is 0 Å².